The molecule has 100 valence electrons. The van der Waals surface area contributed by atoms with Gasteiger partial charge in [-0.25, -0.2) is 13.1 Å². The number of aromatic nitrogens is 2. The number of nitrogens with zero attached hydrogens (tertiary/aromatic N) is 2. The van der Waals surface area contributed by atoms with Crippen molar-refractivity contribution < 1.29 is 18.3 Å². The molecule has 0 aromatic carbocycles. The quantitative estimate of drug-likeness (QED) is 0.792. The number of sulfonamides is 1. The number of aliphatic carboxylic acids is 1. The van der Waals surface area contributed by atoms with E-state index in [9.17, 15) is 13.2 Å². The van der Waals surface area contributed by atoms with Crippen LogP contribution in [0, 0.1) is 0 Å². The van der Waals surface area contributed by atoms with E-state index in [-0.39, 0.29) is 11.3 Å². The van der Waals surface area contributed by atoms with Gasteiger partial charge in [-0.1, -0.05) is 0 Å². The van der Waals surface area contributed by atoms with Crippen molar-refractivity contribution in [3.05, 3.63) is 12.4 Å². The molecule has 1 aromatic rings. The van der Waals surface area contributed by atoms with Crippen LogP contribution in [0.4, 0.5) is 0 Å². The van der Waals surface area contributed by atoms with Crippen molar-refractivity contribution in [3.8, 4) is 0 Å². The van der Waals surface area contributed by atoms with Gasteiger partial charge in [-0.2, -0.15) is 5.10 Å². The molecule has 0 unspecified atom stereocenters. The molecule has 2 N–H and O–H groups in total. The van der Waals surface area contributed by atoms with Gasteiger partial charge in [0.05, 0.1) is 12.6 Å². The summed E-state index contributed by atoms with van der Waals surface area (Å²) in [4.78, 5) is 10.8. The number of hydrogen-bond acceptors (Lipinski definition) is 4. The summed E-state index contributed by atoms with van der Waals surface area (Å²) < 4.78 is 28.0. The monoisotopic (exact) mass is 273 g/mol. The van der Waals surface area contributed by atoms with Crippen molar-refractivity contribution in [2.45, 2.75) is 36.1 Å². The first-order valence-corrected chi connectivity index (χ1v) is 7.06. The lowest BCUT2D eigenvalue weighted by atomic mass is 9.75. The number of nitrogens with one attached hydrogen (secondary N) is 1. The normalized spacial score (nSPS) is 18.3. The molecule has 1 aromatic heterocycles. The van der Waals surface area contributed by atoms with Gasteiger partial charge in [0.1, 0.15) is 4.90 Å². The Labute approximate surface area is 105 Å². The number of aryl methyl sites for hydroxylation is 1. The number of hydrogen-bond donors (Lipinski definition) is 2. The van der Waals surface area contributed by atoms with E-state index in [1.165, 1.54) is 17.1 Å². The maximum Gasteiger partial charge on any atom is 0.305 e. The summed E-state index contributed by atoms with van der Waals surface area (Å²) in [5.74, 6) is -0.997. The molecule has 8 heteroatoms. The van der Waals surface area contributed by atoms with Crippen molar-refractivity contribution in [1.29, 1.82) is 0 Å². The minimum Gasteiger partial charge on any atom is -0.481 e. The maximum atomic E-state index is 12.1. The summed E-state index contributed by atoms with van der Waals surface area (Å²) in [5, 5.41) is 12.6. The van der Waals surface area contributed by atoms with Crippen molar-refractivity contribution in [2.75, 3.05) is 0 Å². The smallest absolute Gasteiger partial charge is 0.305 e. The number of carboxylic acids is 1. The molecule has 0 amide bonds. The highest BCUT2D eigenvalue weighted by atomic mass is 32.2. The lowest BCUT2D eigenvalue weighted by Gasteiger charge is -2.40. The van der Waals surface area contributed by atoms with Gasteiger partial charge in [-0.15, -0.1) is 0 Å². The summed E-state index contributed by atoms with van der Waals surface area (Å²) in [6.45, 7) is 0. The van der Waals surface area contributed by atoms with E-state index in [1.54, 1.807) is 7.05 Å². The predicted octanol–water partition coefficient (Wildman–Crippen LogP) is 0.0958. The number of carbonyl (C=O) groups is 1. The topological polar surface area (TPSA) is 101 Å². The van der Waals surface area contributed by atoms with E-state index in [2.05, 4.69) is 9.82 Å². The Morgan fingerprint density at radius 3 is 2.67 bits per heavy atom. The fourth-order valence-corrected chi connectivity index (χ4v) is 3.53. The molecule has 0 aliphatic heterocycles. The van der Waals surface area contributed by atoms with Crippen LogP contribution in [-0.2, 0) is 21.9 Å². The van der Waals surface area contributed by atoms with Crippen LogP contribution in [0.3, 0.4) is 0 Å². The fourth-order valence-electron chi connectivity index (χ4n) is 2.09. The van der Waals surface area contributed by atoms with E-state index in [4.69, 9.17) is 5.11 Å². The maximum absolute atomic E-state index is 12.1. The third-order valence-corrected chi connectivity index (χ3v) is 4.68. The molecule has 1 heterocycles. The third kappa shape index (κ3) is 2.54. The van der Waals surface area contributed by atoms with Gasteiger partial charge < -0.3 is 5.11 Å². The summed E-state index contributed by atoms with van der Waals surface area (Å²) >= 11 is 0. The molecule has 1 aliphatic rings. The Kier molecular flexibility index (Phi) is 3.16. The van der Waals surface area contributed by atoms with E-state index in [0.717, 1.165) is 6.42 Å². The molecule has 0 bridgehead atoms. The van der Waals surface area contributed by atoms with E-state index in [0.29, 0.717) is 12.8 Å². The Hall–Kier alpha value is -1.41. The Morgan fingerprint density at radius 1 is 1.61 bits per heavy atom. The Balaban J connectivity index is 2.19. The molecular formula is C10H15N3O4S. The first-order valence-electron chi connectivity index (χ1n) is 5.57. The van der Waals surface area contributed by atoms with Crippen LogP contribution in [0.5, 0.6) is 0 Å². The molecule has 1 saturated carbocycles. The first-order chi connectivity index (χ1) is 8.33. The highest BCUT2D eigenvalue weighted by Crippen LogP contribution is 2.36. The lowest BCUT2D eigenvalue weighted by molar-refractivity contribution is -0.139. The standard InChI is InChI=1S/C10H15N3O4S/c1-13-7-8(6-11-13)18(16,17)12-10(3-2-4-10)5-9(14)15/h6-7,12H,2-5H2,1H3,(H,14,15). The summed E-state index contributed by atoms with van der Waals surface area (Å²) in [7, 11) is -2.08. The second-order valence-corrected chi connectivity index (χ2v) is 6.34. The molecule has 0 saturated heterocycles. The fraction of sp³-hybridized carbons (Fsp3) is 0.600. The van der Waals surface area contributed by atoms with Crippen LogP contribution >= 0.6 is 0 Å². The highest BCUT2D eigenvalue weighted by molar-refractivity contribution is 7.89. The average Bonchev–Trinajstić information content (AvgIpc) is 2.61. The molecule has 1 aliphatic carbocycles. The predicted molar refractivity (Wildman–Crippen MR) is 62.4 cm³/mol. The summed E-state index contributed by atoms with van der Waals surface area (Å²) in [6, 6.07) is 0. The highest BCUT2D eigenvalue weighted by Gasteiger charge is 2.42. The molecule has 2 rings (SSSR count). The van der Waals surface area contributed by atoms with Crippen molar-refractivity contribution in [2.24, 2.45) is 7.05 Å². The minimum absolute atomic E-state index is 0.0571. The van der Waals surface area contributed by atoms with Gasteiger partial charge in [0.2, 0.25) is 10.0 Å². The van der Waals surface area contributed by atoms with Gasteiger partial charge >= 0.3 is 5.97 Å². The molecule has 0 radical (unpaired) electrons. The van der Waals surface area contributed by atoms with Gasteiger partial charge in [-0.3, -0.25) is 9.48 Å². The first kappa shape index (κ1) is 13.0. The zero-order valence-corrected chi connectivity index (χ0v) is 10.8. The van der Waals surface area contributed by atoms with Gasteiger partial charge in [0.15, 0.2) is 0 Å². The SMILES string of the molecule is Cn1cc(S(=O)(=O)NC2(CC(=O)O)CCC2)cn1. The molecule has 0 atom stereocenters. The Bertz CT molecular complexity index is 559. The van der Waals surface area contributed by atoms with Crippen LogP contribution in [0.15, 0.2) is 17.3 Å². The van der Waals surface area contributed by atoms with Crippen molar-refractivity contribution in [1.82, 2.24) is 14.5 Å². The zero-order chi connectivity index (χ0) is 13.4. The van der Waals surface area contributed by atoms with E-state index < -0.39 is 21.5 Å². The van der Waals surface area contributed by atoms with E-state index in [1.807, 2.05) is 0 Å². The van der Waals surface area contributed by atoms with Crippen LogP contribution in [0.25, 0.3) is 0 Å². The van der Waals surface area contributed by atoms with Gasteiger partial charge in [0.25, 0.3) is 0 Å². The summed E-state index contributed by atoms with van der Waals surface area (Å²) in [6.07, 6.45) is 4.39. The van der Waals surface area contributed by atoms with Gasteiger partial charge in [-0.05, 0) is 19.3 Å². The second-order valence-electron chi connectivity index (χ2n) is 4.66. The lowest BCUT2D eigenvalue weighted by Crippen LogP contribution is -2.54. The molecule has 7 nitrogen and oxygen atoms in total. The number of rotatable bonds is 5. The largest absolute Gasteiger partial charge is 0.481 e. The molecule has 1 fully saturated rings. The zero-order valence-electron chi connectivity index (χ0n) is 9.96. The minimum atomic E-state index is -3.70. The van der Waals surface area contributed by atoms with Crippen LogP contribution in [0.1, 0.15) is 25.7 Å². The number of carboxylic acid groups (broad SMARTS) is 1. The van der Waals surface area contributed by atoms with Crippen LogP contribution in [-0.4, -0.2) is 34.8 Å². The third-order valence-electron chi connectivity index (χ3n) is 3.14. The van der Waals surface area contributed by atoms with Gasteiger partial charge in [0, 0.05) is 18.8 Å². The molecule has 0 spiro atoms. The van der Waals surface area contributed by atoms with E-state index >= 15 is 0 Å². The van der Waals surface area contributed by atoms with Crippen LogP contribution < -0.4 is 4.72 Å². The van der Waals surface area contributed by atoms with Crippen molar-refractivity contribution in [3.63, 3.8) is 0 Å². The molecular weight excluding hydrogens is 258 g/mol. The van der Waals surface area contributed by atoms with Crippen molar-refractivity contribution >= 4 is 16.0 Å². The average molecular weight is 273 g/mol. The molecule has 18 heavy (non-hydrogen) atoms. The summed E-state index contributed by atoms with van der Waals surface area (Å²) in [5.41, 5.74) is -0.833. The Morgan fingerprint density at radius 2 is 2.28 bits per heavy atom. The van der Waals surface area contributed by atoms with Crippen LogP contribution in [0.2, 0.25) is 0 Å². The second kappa shape index (κ2) is 4.36.